The number of methoxy groups -OCH3 is 1. The number of rotatable bonds is 6. The molecule has 0 spiro atoms. The fourth-order valence-corrected chi connectivity index (χ4v) is 3.19. The zero-order valence-corrected chi connectivity index (χ0v) is 19.2. The van der Waals surface area contributed by atoms with Gasteiger partial charge in [0.1, 0.15) is 0 Å². The Kier molecular flexibility index (Phi) is 8.56. The zero-order valence-electron chi connectivity index (χ0n) is 16.9. The highest BCUT2D eigenvalue weighted by Gasteiger charge is 2.23. The molecular formula is C21H27IN4O3. The van der Waals surface area contributed by atoms with Gasteiger partial charge in [-0.05, 0) is 37.1 Å². The summed E-state index contributed by atoms with van der Waals surface area (Å²) in [7, 11) is 3.27. The zero-order chi connectivity index (χ0) is 19.9. The second-order valence-corrected chi connectivity index (χ2v) is 6.27. The standard InChI is InChI=1S/C21H26N4O3.HI/c1-4-28-19-13-16(9-10-18(19)27-3)24-21(22-2)23-14-20(26)25-12-11-15-7-5-6-8-17(15)25;/h5-10,13H,4,11-12,14H2,1-3H3,(H2,22,23,24);1H. The van der Waals surface area contributed by atoms with Gasteiger partial charge in [0.25, 0.3) is 0 Å². The van der Waals surface area contributed by atoms with Gasteiger partial charge in [-0.25, -0.2) is 0 Å². The molecular weight excluding hydrogens is 483 g/mol. The van der Waals surface area contributed by atoms with Crippen molar-refractivity contribution >= 4 is 47.2 Å². The number of benzene rings is 2. The van der Waals surface area contributed by atoms with Gasteiger partial charge in [0.2, 0.25) is 5.91 Å². The molecule has 0 aromatic heterocycles. The summed E-state index contributed by atoms with van der Waals surface area (Å²) in [5.74, 6) is 1.83. The molecule has 156 valence electrons. The first-order valence-electron chi connectivity index (χ1n) is 9.33. The molecule has 8 heteroatoms. The Balaban J connectivity index is 0.00000300. The number of amides is 1. The fourth-order valence-electron chi connectivity index (χ4n) is 3.19. The van der Waals surface area contributed by atoms with E-state index in [1.54, 1.807) is 14.2 Å². The molecule has 0 bridgehead atoms. The van der Waals surface area contributed by atoms with E-state index in [0.29, 0.717) is 30.6 Å². The van der Waals surface area contributed by atoms with Crippen LogP contribution in [0, 0.1) is 0 Å². The van der Waals surface area contributed by atoms with Crippen molar-refractivity contribution in [2.24, 2.45) is 4.99 Å². The van der Waals surface area contributed by atoms with Gasteiger partial charge in [0.05, 0.1) is 20.3 Å². The molecule has 1 aliphatic rings. The Morgan fingerprint density at radius 1 is 1.21 bits per heavy atom. The van der Waals surface area contributed by atoms with E-state index < -0.39 is 0 Å². The largest absolute Gasteiger partial charge is 0.493 e. The quantitative estimate of drug-likeness (QED) is 0.355. The van der Waals surface area contributed by atoms with E-state index in [-0.39, 0.29) is 36.4 Å². The summed E-state index contributed by atoms with van der Waals surface area (Å²) in [5.41, 5.74) is 2.99. The Morgan fingerprint density at radius 2 is 2.00 bits per heavy atom. The number of nitrogens with one attached hydrogen (secondary N) is 2. The van der Waals surface area contributed by atoms with Gasteiger partial charge in [-0.1, -0.05) is 18.2 Å². The van der Waals surface area contributed by atoms with Gasteiger partial charge in [-0.3, -0.25) is 9.79 Å². The molecule has 2 aromatic rings. The minimum absolute atomic E-state index is 0. The van der Waals surface area contributed by atoms with E-state index in [4.69, 9.17) is 9.47 Å². The molecule has 0 radical (unpaired) electrons. The van der Waals surface area contributed by atoms with Crippen molar-refractivity contribution in [3.05, 3.63) is 48.0 Å². The van der Waals surface area contributed by atoms with Crippen molar-refractivity contribution in [3.8, 4) is 11.5 Å². The van der Waals surface area contributed by atoms with Crippen LogP contribution >= 0.6 is 24.0 Å². The molecule has 29 heavy (non-hydrogen) atoms. The molecule has 2 N–H and O–H groups in total. The molecule has 0 saturated carbocycles. The highest BCUT2D eigenvalue weighted by atomic mass is 127. The summed E-state index contributed by atoms with van der Waals surface area (Å²) in [6.07, 6.45) is 0.890. The Hall–Kier alpha value is -2.49. The first-order valence-corrected chi connectivity index (χ1v) is 9.33. The smallest absolute Gasteiger partial charge is 0.246 e. The third-order valence-electron chi connectivity index (χ3n) is 4.55. The number of anilines is 2. The van der Waals surface area contributed by atoms with Crippen LogP contribution in [0.25, 0.3) is 0 Å². The summed E-state index contributed by atoms with van der Waals surface area (Å²) in [6, 6.07) is 13.5. The number of aliphatic imine (C=N–C) groups is 1. The topological polar surface area (TPSA) is 75.2 Å². The number of carbonyl (C=O) groups is 1. The molecule has 0 unspecified atom stereocenters. The lowest BCUT2D eigenvalue weighted by molar-refractivity contribution is -0.117. The Bertz CT molecular complexity index is 873. The van der Waals surface area contributed by atoms with Crippen LogP contribution in [0.3, 0.4) is 0 Å². The fraction of sp³-hybridized carbons (Fsp3) is 0.333. The minimum atomic E-state index is 0. The van der Waals surface area contributed by atoms with E-state index in [1.807, 2.05) is 48.2 Å². The highest BCUT2D eigenvalue weighted by Crippen LogP contribution is 2.30. The van der Waals surface area contributed by atoms with Gasteiger partial charge in [-0.15, -0.1) is 24.0 Å². The van der Waals surface area contributed by atoms with Crippen LogP contribution in [0.4, 0.5) is 11.4 Å². The average molecular weight is 510 g/mol. The van der Waals surface area contributed by atoms with E-state index in [9.17, 15) is 4.79 Å². The lowest BCUT2D eigenvalue weighted by Crippen LogP contribution is -2.41. The van der Waals surface area contributed by atoms with Crippen molar-refractivity contribution in [2.75, 3.05) is 44.1 Å². The third kappa shape index (κ3) is 5.53. The number of ether oxygens (including phenoxy) is 2. The van der Waals surface area contributed by atoms with Crippen molar-refractivity contribution in [1.29, 1.82) is 0 Å². The normalized spacial score (nSPS) is 12.7. The molecule has 0 atom stereocenters. The second-order valence-electron chi connectivity index (χ2n) is 6.27. The summed E-state index contributed by atoms with van der Waals surface area (Å²) >= 11 is 0. The predicted octanol–water partition coefficient (Wildman–Crippen LogP) is 3.29. The van der Waals surface area contributed by atoms with Crippen LogP contribution in [0.1, 0.15) is 12.5 Å². The molecule has 1 heterocycles. The van der Waals surface area contributed by atoms with Crippen molar-refractivity contribution in [1.82, 2.24) is 5.32 Å². The molecule has 0 saturated heterocycles. The monoisotopic (exact) mass is 510 g/mol. The number of guanidine groups is 1. The molecule has 0 aliphatic carbocycles. The van der Waals surface area contributed by atoms with Gasteiger partial charge >= 0.3 is 0 Å². The van der Waals surface area contributed by atoms with Gasteiger partial charge in [0, 0.05) is 31.0 Å². The number of carbonyl (C=O) groups excluding carboxylic acids is 1. The van der Waals surface area contributed by atoms with Crippen LogP contribution < -0.4 is 25.0 Å². The lowest BCUT2D eigenvalue weighted by atomic mass is 10.2. The lowest BCUT2D eigenvalue weighted by Gasteiger charge is -2.19. The Labute approximate surface area is 188 Å². The summed E-state index contributed by atoms with van der Waals surface area (Å²) < 4.78 is 10.9. The maximum atomic E-state index is 12.6. The number of halogens is 1. The number of hydrogen-bond acceptors (Lipinski definition) is 4. The van der Waals surface area contributed by atoms with Crippen LogP contribution in [0.15, 0.2) is 47.5 Å². The number of hydrogen-bond donors (Lipinski definition) is 2. The Morgan fingerprint density at radius 3 is 2.72 bits per heavy atom. The van der Waals surface area contributed by atoms with Crippen LogP contribution in [-0.2, 0) is 11.2 Å². The van der Waals surface area contributed by atoms with Crippen LogP contribution in [-0.4, -0.2) is 45.7 Å². The number of para-hydroxylation sites is 1. The van der Waals surface area contributed by atoms with Gasteiger partial charge in [0.15, 0.2) is 17.5 Å². The van der Waals surface area contributed by atoms with E-state index in [2.05, 4.69) is 21.7 Å². The predicted molar refractivity (Wildman–Crippen MR) is 127 cm³/mol. The van der Waals surface area contributed by atoms with Crippen LogP contribution in [0.2, 0.25) is 0 Å². The first-order chi connectivity index (χ1) is 13.7. The highest BCUT2D eigenvalue weighted by molar-refractivity contribution is 14.0. The number of fused-ring (bicyclic) bond motifs is 1. The van der Waals surface area contributed by atoms with E-state index in [0.717, 1.165) is 17.8 Å². The first kappa shape index (κ1) is 22.8. The molecule has 1 aliphatic heterocycles. The van der Waals surface area contributed by atoms with Gasteiger partial charge < -0.3 is 25.0 Å². The summed E-state index contributed by atoms with van der Waals surface area (Å²) in [4.78, 5) is 18.7. The van der Waals surface area contributed by atoms with Crippen molar-refractivity contribution in [2.45, 2.75) is 13.3 Å². The molecule has 7 nitrogen and oxygen atoms in total. The second kappa shape index (κ2) is 10.9. The summed E-state index contributed by atoms with van der Waals surface area (Å²) in [6.45, 7) is 3.32. The maximum Gasteiger partial charge on any atom is 0.246 e. The minimum Gasteiger partial charge on any atom is -0.493 e. The SMILES string of the molecule is CCOc1cc(NC(=NC)NCC(=O)N2CCc3ccccc32)ccc1OC.I. The van der Waals surface area contributed by atoms with E-state index in [1.165, 1.54) is 5.56 Å². The van der Waals surface area contributed by atoms with Crippen molar-refractivity contribution in [3.63, 3.8) is 0 Å². The molecule has 1 amide bonds. The number of nitrogens with zero attached hydrogens (tertiary/aromatic N) is 2. The molecule has 3 rings (SSSR count). The molecule has 0 fully saturated rings. The summed E-state index contributed by atoms with van der Waals surface area (Å²) in [5, 5.41) is 6.26. The van der Waals surface area contributed by atoms with E-state index >= 15 is 0 Å². The third-order valence-corrected chi connectivity index (χ3v) is 4.55. The van der Waals surface area contributed by atoms with Crippen molar-refractivity contribution < 1.29 is 14.3 Å². The van der Waals surface area contributed by atoms with Gasteiger partial charge in [-0.2, -0.15) is 0 Å². The van der Waals surface area contributed by atoms with Crippen LogP contribution in [0.5, 0.6) is 11.5 Å². The maximum absolute atomic E-state index is 12.6. The molecule has 2 aromatic carbocycles. The average Bonchev–Trinajstić information content (AvgIpc) is 3.15.